The van der Waals surface area contributed by atoms with E-state index in [-0.39, 0.29) is 0 Å². The van der Waals surface area contributed by atoms with Crippen molar-refractivity contribution in [3.63, 3.8) is 0 Å². The Hall–Kier alpha value is -1.08. The van der Waals surface area contributed by atoms with Gasteiger partial charge in [-0.25, -0.2) is 9.97 Å². The Morgan fingerprint density at radius 1 is 1.43 bits per heavy atom. The molecular formula is C7H6BrN5S. The molecule has 0 aliphatic carbocycles. The number of nitrogens with zero attached hydrogens (tertiary/aromatic N) is 4. The van der Waals surface area contributed by atoms with Crippen molar-refractivity contribution in [2.45, 2.75) is 6.54 Å². The molecule has 0 fully saturated rings. The van der Waals surface area contributed by atoms with Gasteiger partial charge in [-0.15, -0.1) is 5.10 Å². The van der Waals surface area contributed by atoms with Gasteiger partial charge in [0.05, 0.1) is 22.1 Å². The average Bonchev–Trinajstić information content (AvgIpc) is 2.69. The number of rotatable bonds is 3. The Labute approximate surface area is 92.9 Å². The van der Waals surface area contributed by atoms with E-state index in [2.05, 4.69) is 40.8 Å². The molecule has 0 aliphatic heterocycles. The van der Waals surface area contributed by atoms with E-state index in [1.54, 1.807) is 12.4 Å². The van der Waals surface area contributed by atoms with Gasteiger partial charge >= 0.3 is 0 Å². The number of hydrogen-bond acceptors (Lipinski definition) is 6. The highest BCUT2D eigenvalue weighted by Gasteiger charge is 2.01. The zero-order chi connectivity index (χ0) is 9.80. The van der Waals surface area contributed by atoms with Crippen LogP contribution in [0.1, 0.15) is 4.88 Å². The van der Waals surface area contributed by atoms with Crippen LogP contribution in [0.4, 0.5) is 5.82 Å². The predicted octanol–water partition coefficient (Wildman–Crippen LogP) is 1.70. The van der Waals surface area contributed by atoms with Crippen LogP contribution in [0.15, 0.2) is 23.2 Å². The van der Waals surface area contributed by atoms with Gasteiger partial charge < -0.3 is 5.32 Å². The van der Waals surface area contributed by atoms with Crippen LogP contribution in [-0.4, -0.2) is 19.6 Å². The molecular weight excluding hydrogens is 266 g/mol. The molecule has 0 aromatic carbocycles. The Morgan fingerprint density at radius 2 is 2.36 bits per heavy atom. The predicted molar refractivity (Wildman–Crippen MR) is 57.0 cm³/mol. The highest BCUT2D eigenvalue weighted by atomic mass is 79.9. The fourth-order valence-electron chi connectivity index (χ4n) is 0.879. The van der Waals surface area contributed by atoms with Crippen LogP contribution < -0.4 is 5.32 Å². The number of aromatic nitrogens is 4. The second kappa shape index (κ2) is 4.43. The molecule has 2 rings (SSSR count). The molecule has 1 N–H and O–H groups in total. The van der Waals surface area contributed by atoms with Crippen LogP contribution in [0.3, 0.4) is 0 Å². The topological polar surface area (TPSA) is 63.6 Å². The standard InChI is InChI=1S/C7H6BrN5S/c8-6-3-9-4-11-7(6)10-1-5-2-12-13-14-5/h2-4H,1H2,(H,9,10,11). The summed E-state index contributed by atoms with van der Waals surface area (Å²) in [6.45, 7) is 0.674. The van der Waals surface area contributed by atoms with E-state index >= 15 is 0 Å². The molecule has 2 aromatic rings. The van der Waals surface area contributed by atoms with Gasteiger partial charge in [-0.2, -0.15) is 0 Å². The molecule has 72 valence electrons. The summed E-state index contributed by atoms with van der Waals surface area (Å²) >= 11 is 4.71. The summed E-state index contributed by atoms with van der Waals surface area (Å²) in [5, 5.41) is 6.89. The average molecular weight is 272 g/mol. The fraction of sp³-hybridized carbons (Fsp3) is 0.143. The first-order chi connectivity index (χ1) is 6.86. The minimum absolute atomic E-state index is 0.674. The number of hydrogen-bond donors (Lipinski definition) is 1. The molecule has 0 amide bonds. The van der Waals surface area contributed by atoms with E-state index < -0.39 is 0 Å². The third kappa shape index (κ3) is 2.24. The van der Waals surface area contributed by atoms with Crippen LogP contribution in [0, 0.1) is 0 Å². The molecule has 7 heteroatoms. The van der Waals surface area contributed by atoms with Crippen LogP contribution in [0.2, 0.25) is 0 Å². The van der Waals surface area contributed by atoms with Crippen molar-refractivity contribution in [1.29, 1.82) is 0 Å². The van der Waals surface area contributed by atoms with Crippen molar-refractivity contribution in [2.24, 2.45) is 0 Å². The van der Waals surface area contributed by atoms with E-state index in [1.807, 2.05) is 0 Å². The molecule has 0 saturated heterocycles. The monoisotopic (exact) mass is 271 g/mol. The van der Waals surface area contributed by atoms with Crippen LogP contribution in [0.25, 0.3) is 0 Å². The van der Waals surface area contributed by atoms with Crippen molar-refractivity contribution >= 4 is 33.3 Å². The lowest BCUT2D eigenvalue weighted by Gasteiger charge is -2.03. The summed E-state index contributed by atoms with van der Waals surface area (Å²) in [6.07, 6.45) is 4.92. The summed E-state index contributed by atoms with van der Waals surface area (Å²) in [4.78, 5) is 9.01. The van der Waals surface area contributed by atoms with Crippen LogP contribution in [-0.2, 0) is 6.54 Å². The first kappa shape index (κ1) is 9.47. The van der Waals surface area contributed by atoms with E-state index in [0.29, 0.717) is 6.54 Å². The molecule has 0 radical (unpaired) electrons. The zero-order valence-electron chi connectivity index (χ0n) is 7.01. The van der Waals surface area contributed by atoms with Gasteiger partial charge in [-0.1, -0.05) is 4.49 Å². The SMILES string of the molecule is Brc1cncnc1NCc1cnns1. The van der Waals surface area contributed by atoms with Gasteiger partial charge in [0.25, 0.3) is 0 Å². The van der Waals surface area contributed by atoms with E-state index in [0.717, 1.165) is 15.2 Å². The van der Waals surface area contributed by atoms with Gasteiger partial charge in [0, 0.05) is 6.20 Å². The van der Waals surface area contributed by atoms with E-state index in [1.165, 1.54) is 17.9 Å². The molecule has 0 saturated carbocycles. The Bertz CT molecular complexity index is 404. The lowest BCUT2D eigenvalue weighted by Crippen LogP contribution is -2.00. The number of anilines is 1. The second-order valence-corrected chi connectivity index (χ2v) is 4.18. The maximum atomic E-state index is 4.07. The first-order valence-electron chi connectivity index (χ1n) is 3.82. The lowest BCUT2D eigenvalue weighted by molar-refractivity contribution is 1.08. The third-order valence-corrected chi connectivity index (χ3v) is 2.75. The number of halogens is 1. The van der Waals surface area contributed by atoms with E-state index in [4.69, 9.17) is 0 Å². The second-order valence-electron chi connectivity index (χ2n) is 2.46. The molecule has 0 aliphatic rings. The molecule has 14 heavy (non-hydrogen) atoms. The maximum absolute atomic E-state index is 4.07. The molecule has 5 nitrogen and oxygen atoms in total. The summed E-state index contributed by atoms with van der Waals surface area (Å²) < 4.78 is 4.61. The minimum Gasteiger partial charge on any atom is -0.364 e. The minimum atomic E-state index is 0.674. The normalized spacial score (nSPS) is 10.1. The van der Waals surface area contributed by atoms with Gasteiger partial charge in [0.1, 0.15) is 12.1 Å². The molecule has 0 unspecified atom stereocenters. The number of nitrogens with one attached hydrogen (secondary N) is 1. The molecule has 0 spiro atoms. The largest absolute Gasteiger partial charge is 0.364 e. The third-order valence-electron chi connectivity index (χ3n) is 1.50. The van der Waals surface area contributed by atoms with Gasteiger partial charge in [0.15, 0.2) is 0 Å². The molecule has 0 atom stereocenters. The van der Waals surface area contributed by atoms with Crippen molar-refractivity contribution in [1.82, 2.24) is 19.6 Å². The molecule has 2 heterocycles. The zero-order valence-corrected chi connectivity index (χ0v) is 9.42. The summed E-state index contributed by atoms with van der Waals surface area (Å²) in [5.41, 5.74) is 0. The van der Waals surface area contributed by atoms with Crippen LogP contribution in [0.5, 0.6) is 0 Å². The van der Waals surface area contributed by atoms with Gasteiger partial charge in [-0.05, 0) is 27.5 Å². The van der Waals surface area contributed by atoms with Crippen molar-refractivity contribution in [2.75, 3.05) is 5.32 Å². The Morgan fingerprint density at radius 3 is 3.07 bits per heavy atom. The highest BCUT2D eigenvalue weighted by molar-refractivity contribution is 9.10. The van der Waals surface area contributed by atoms with Crippen molar-refractivity contribution in [3.05, 3.63) is 28.1 Å². The Kier molecular flexibility index (Phi) is 3.00. The van der Waals surface area contributed by atoms with Gasteiger partial charge in [0.2, 0.25) is 0 Å². The first-order valence-corrected chi connectivity index (χ1v) is 5.38. The van der Waals surface area contributed by atoms with Crippen molar-refractivity contribution < 1.29 is 0 Å². The van der Waals surface area contributed by atoms with Crippen molar-refractivity contribution in [3.8, 4) is 0 Å². The summed E-state index contributed by atoms with van der Waals surface area (Å²) in [5.74, 6) is 0.772. The molecule has 2 aromatic heterocycles. The Balaban J connectivity index is 2.02. The smallest absolute Gasteiger partial charge is 0.144 e. The molecule has 0 bridgehead atoms. The summed E-state index contributed by atoms with van der Waals surface area (Å²) in [6, 6.07) is 0. The highest BCUT2D eigenvalue weighted by Crippen LogP contribution is 2.18. The quantitative estimate of drug-likeness (QED) is 0.921. The fourth-order valence-corrected chi connectivity index (χ4v) is 1.67. The maximum Gasteiger partial charge on any atom is 0.144 e. The van der Waals surface area contributed by atoms with Crippen LogP contribution >= 0.6 is 27.5 Å². The van der Waals surface area contributed by atoms with Gasteiger partial charge in [-0.3, -0.25) is 0 Å². The van der Waals surface area contributed by atoms with E-state index in [9.17, 15) is 0 Å². The summed E-state index contributed by atoms with van der Waals surface area (Å²) in [7, 11) is 0. The lowest BCUT2D eigenvalue weighted by atomic mass is 10.5.